The predicted octanol–water partition coefficient (Wildman–Crippen LogP) is 3.67. The molecule has 0 radical (unpaired) electrons. The van der Waals surface area contributed by atoms with Crippen LogP contribution in [0.3, 0.4) is 0 Å². The van der Waals surface area contributed by atoms with Crippen molar-refractivity contribution in [3.05, 3.63) is 40.0 Å². The maximum absolute atomic E-state index is 6.03. The van der Waals surface area contributed by atoms with Gasteiger partial charge in [0.1, 0.15) is 5.82 Å². The Morgan fingerprint density at radius 3 is 3.05 bits per heavy atom. The molecule has 3 nitrogen and oxygen atoms in total. The molecule has 0 fully saturated rings. The SMILES string of the molecule is CSCc1nn(-c2ccc(Cl)cc2C)c2c1CCN2. The molecular weight excluding hydrogens is 278 g/mol. The van der Waals surface area contributed by atoms with E-state index in [1.165, 1.54) is 11.3 Å². The Kier molecular flexibility index (Phi) is 3.46. The van der Waals surface area contributed by atoms with Crippen LogP contribution in [-0.2, 0) is 12.2 Å². The van der Waals surface area contributed by atoms with Gasteiger partial charge in [0.25, 0.3) is 0 Å². The number of nitrogens with zero attached hydrogens (tertiary/aromatic N) is 2. The highest BCUT2D eigenvalue weighted by molar-refractivity contribution is 7.97. The Hall–Kier alpha value is -1.13. The van der Waals surface area contributed by atoms with E-state index < -0.39 is 0 Å². The molecule has 1 N–H and O–H groups in total. The summed E-state index contributed by atoms with van der Waals surface area (Å²) in [6, 6.07) is 5.93. The van der Waals surface area contributed by atoms with Crippen molar-refractivity contribution in [3.63, 3.8) is 0 Å². The second-order valence-electron chi connectivity index (χ2n) is 4.73. The topological polar surface area (TPSA) is 29.9 Å². The van der Waals surface area contributed by atoms with E-state index in [4.69, 9.17) is 16.7 Å². The summed E-state index contributed by atoms with van der Waals surface area (Å²) in [4.78, 5) is 0. The Bertz CT molecular complexity index is 621. The van der Waals surface area contributed by atoms with Crippen LogP contribution in [0.5, 0.6) is 0 Å². The van der Waals surface area contributed by atoms with E-state index in [1.54, 1.807) is 0 Å². The minimum absolute atomic E-state index is 0.766. The normalized spacial score (nSPS) is 13.4. The molecular formula is C14H16ClN3S. The van der Waals surface area contributed by atoms with Crippen molar-refractivity contribution in [3.8, 4) is 5.69 Å². The van der Waals surface area contributed by atoms with E-state index in [9.17, 15) is 0 Å². The van der Waals surface area contributed by atoms with Gasteiger partial charge in [0.05, 0.1) is 11.4 Å². The summed E-state index contributed by atoms with van der Waals surface area (Å²) >= 11 is 7.84. The van der Waals surface area contributed by atoms with Crippen molar-refractivity contribution < 1.29 is 0 Å². The molecule has 1 aromatic heterocycles. The minimum Gasteiger partial charge on any atom is -0.369 e. The molecule has 0 unspecified atom stereocenters. The van der Waals surface area contributed by atoms with E-state index in [0.29, 0.717) is 0 Å². The molecule has 0 amide bonds. The van der Waals surface area contributed by atoms with Gasteiger partial charge in [-0.05, 0) is 43.4 Å². The molecule has 5 heteroatoms. The Balaban J connectivity index is 2.12. The van der Waals surface area contributed by atoms with Gasteiger partial charge in [-0.2, -0.15) is 16.9 Å². The monoisotopic (exact) mass is 293 g/mol. The standard InChI is InChI=1S/C14H16ClN3S/c1-9-7-10(15)3-4-13(9)18-14-11(5-6-16-14)12(17-18)8-19-2/h3-4,7,16H,5-6,8H2,1-2H3. The highest BCUT2D eigenvalue weighted by atomic mass is 35.5. The molecule has 3 rings (SSSR count). The molecule has 1 aliphatic rings. The van der Waals surface area contributed by atoms with Crippen LogP contribution in [0.25, 0.3) is 5.69 Å². The number of anilines is 1. The van der Waals surface area contributed by atoms with Gasteiger partial charge < -0.3 is 5.32 Å². The van der Waals surface area contributed by atoms with Gasteiger partial charge in [-0.1, -0.05) is 11.6 Å². The van der Waals surface area contributed by atoms with Gasteiger partial charge in [0.15, 0.2) is 0 Å². The van der Waals surface area contributed by atoms with Crippen LogP contribution in [-0.4, -0.2) is 22.6 Å². The van der Waals surface area contributed by atoms with Gasteiger partial charge >= 0.3 is 0 Å². The number of aromatic nitrogens is 2. The first-order valence-corrected chi connectivity index (χ1v) is 8.08. The van der Waals surface area contributed by atoms with Crippen molar-refractivity contribution in [2.75, 3.05) is 18.1 Å². The Morgan fingerprint density at radius 1 is 1.47 bits per heavy atom. The van der Waals surface area contributed by atoms with Crippen LogP contribution >= 0.6 is 23.4 Å². The number of hydrogen-bond acceptors (Lipinski definition) is 3. The van der Waals surface area contributed by atoms with E-state index in [1.807, 2.05) is 34.6 Å². The number of halogens is 1. The highest BCUT2D eigenvalue weighted by Gasteiger charge is 2.23. The largest absolute Gasteiger partial charge is 0.369 e. The quantitative estimate of drug-likeness (QED) is 0.936. The fraction of sp³-hybridized carbons (Fsp3) is 0.357. The first kappa shape index (κ1) is 12.9. The summed E-state index contributed by atoms with van der Waals surface area (Å²) in [5.41, 5.74) is 4.80. The molecule has 2 aromatic rings. The second kappa shape index (κ2) is 5.10. The average molecular weight is 294 g/mol. The lowest BCUT2D eigenvalue weighted by atomic mass is 10.2. The number of thioether (sulfide) groups is 1. The molecule has 0 saturated carbocycles. The average Bonchev–Trinajstić information content (AvgIpc) is 2.94. The molecule has 1 aromatic carbocycles. The lowest BCUT2D eigenvalue weighted by Gasteiger charge is -2.09. The second-order valence-corrected chi connectivity index (χ2v) is 6.03. The van der Waals surface area contributed by atoms with E-state index >= 15 is 0 Å². The first-order valence-electron chi connectivity index (χ1n) is 6.31. The minimum atomic E-state index is 0.766. The molecule has 2 heterocycles. The fourth-order valence-electron chi connectivity index (χ4n) is 2.53. The van der Waals surface area contributed by atoms with Gasteiger partial charge in [0.2, 0.25) is 0 Å². The van der Waals surface area contributed by atoms with Gasteiger partial charge in [-0.15, -0.1) is 0 Å². The third kappa shape index (κ3) is 2.23. The van der Waals surface area contributed by atoms with Crippen molar-refractivity contribution in [2.24, 2.45) is 0 Å². The maximum Gasteiger partial charge on any atom is 0.133 e. The zero-order valence-electron chi connectivity index (χ0n) is 11.0. The molecule has 100 valence electrons. The lowest BCUT2D eigenvalue weighted by Crippen LogP contribution is -2.06. The first-order chi connectivity index (χ1) is 9.20. The van der Waals surface area contributed by atoms with E-state index in [0.717, 1.165) is 40.8 Å². The molecule has 0 aliphatic carbocycles. The van der Waals surface area contributed by atoms with Crippen molar-refractivity contribution >= 4 is 29.2 Å². The van der Waals surface area contributed by atoms with Gasteiger partial charge in [-0.3, -0.25) is 0 Å². The smallest absolute Gasteiger partial charge is 0.133 e. The molecule has 0 atom stereocenters. The van der Waals surface area contributed by atoms with Crippen LogP contribution < -0.4 is 5.32 Å². The summed E-state index contributed by atoms with van der Waals surface area (Å²) in [6.45, 7) is 3.07. The van der Waals surface area contributed by atoms with Crippen molar-refractivity contribution in [1.82, 2.24) is 9.78 Å². The number of aryl methyl sites for hydroxylation is 1. The van der Waals surface area contributed by atoms with Gasteiger partial charge in [0, 0.05) is 22.9 Å². The third-order valence-corrected chi connectivity index (χ3v) is 4.20. The molecule has 1 aliphatic heterocycles. The highest BCUT2D eigenvalue weighted by Crippen LogP contribution is 2.31. The Labute approximate surface area is 122 Å². The maximum atomic E-state index is 6.03. The molecule has 0 spiro atoms. The van der Waals surface area contributed by atoms with Crippen LogP contribution in [0.2, 0.25) is 5.02 Å². The molecule has 19 heavy (non-hydrogen) atoms. The molecule has 0 bridgehead atoms. The lowest BCUT2D eigenvalue weighted by molar-refractivity contribution is 0.847. The van der Waals surface area contributed by atoms with Crippen LogP contribution in [0.4, 0.5) is 5.82 Å². The predicted molar refractivity (Wildman–Crippen MR) is 82.7 cm³/mol. The number of fused-ring (bicyclic) bond motifs is 1. The zero-order chi connectivity index (χ0) is 13.4. The number of hydrogen-bond donors (Lipinski definition) is 1. The summed E-state index contributed by atoms with van der Waals surface area (Å²) in [7, 11) is 0. The number of nitrogens with one attached hydrogen (secondary N) is 1. The molecule has 0 saturated heterocycles. The third-order valence-electron chi connectivity index (χ3n) is 3.40. The Morgan fingerprint density at radius 2 is 2.32 bits per heavy atom. The summed E-state index contributed by atoms with van der Waals surface area (Å²) in [5, 5.41) is 8.98. The van der Waals surface area contributed by atoms with Gasteiger partial charge in [-0.25, -0.2) is 4.68 Å². The fourth-order valence-corrected chi connectivity index (χ4v) is 3.26. The van der Waals surface area contributed by atoms with Crippen molar-refractivity contribution in [2.45, 2.75) is 19.1 Å². The zero-order valence-corrected chi connectivity index (χ0v) is 12.6. The summed E-state index contributed by atoms with van der Waals surface area (Å²) in [6.07, 6.45) is 3.18. The van der Waals surface area contributed by atoms with Crippen molar-refractivity contribution in [1.29, 1.82) is 0 Å². The number of benzene rings is 1. The van der Waals surface area contributed by atoms with E-state index in [-0.39, 0.29) is 0 Å². The summed E-state index contributed by atoms with van der Waals surface area (Å²) in [5.74, 6) is 2.11. The van der Waals surface area contributed by atoms with Crippen LogP contribution in [0.15, 0.2) is 18.2 Å². The summed E-state index contributed by atoms with van der Waals surface area (Å²) < 4.78 is 2.03. The van der Waals surface area contributed by atoms with E-state index in [2.05, 4.69) is 18.5 Å². The van der Waals surface area contributed by atoms with Crippen LogP contribution in [0.1, 0.15) is 16.8 Å². The number of rotatable bonds is 3. The van der Waals surface area contributed by atoms with Crippen LogP contribution in [0, 0.1) is 6.92 Å².